The molecule has 0 atom stereocenters. The van der Waals surface area contributed by atoms with Crippen LogP contribution in [0, 0.1) is 13.8 Å². The van der Waals surface area contributed by atoms with Crippen LogP contribution in [-0.2, 0) is 0 Å². The van der Waals surface area contributed by atoms with E-state index in [1.54, 1.807) is 0 Å². The third kappa shape index (κ3) is 6.92. The van der Waals surface area contributed by atoms with Gasteiger partial charge in [0.2, 0.25) is 0 Å². The van der Waals surface area contributed by atoms with Crippen molar-refractivity contribution in [1.82, 2.24) is 0 Å². The van der Waals surface area contributed by atoms with Gasteiger partial charge in [-0.15, -0.1) is 0 Å². The van der Waals surface area contributed by atoms with Gasteiger partial charge < -0.3 is 9.32 Å². The van der Waals surface area contributed by atoms with Crippen molar-refractivity contribution in [3.8, 4) is 55.6 Å². The molecular formula is C60H43NO. The first-order valence-electron chi connectivity index (χ1n) is 21.3. The molecule has 2 nitrogen and oxygen atoms in total. The molecule has 0 N–H and O–H groups in total. The van der Waals surface area contributed by atoms with E-state index in [1.807, 2.05) is 0 Å². The number of furan rings is 1. The SMILES string of the molecule is Cc1cc(C)c2c(c1)oc1cc(N(c3ccc(-c4cc(-c5ccccc5)cc(-c5ccccc5)c4)cc3)c3ccc(-c4cc5ccccc5cc4-c4ccccc4)cc3)ccc12. The number of hydrogen-bond donors (Lipinski definition) is 0. The molecule has 2 heteroatoms. The molecule has 0 unspecified atom stereocenters. The van der Waals surface area contributed by atoms with Crippen molar-refractivity contribution in [2.45, 2.75) is 13.8 Å². The van der Waals surface area contributed by atoms with Gasteiger partial charge in [-0.25, -0.2) is 0 Å². The fourth-order valence-corrected chi connectivity index (χ4v) is 9.18. The summed E-state index contributed by atoms with van der Waals surface area (Å²) in [7, 11) is 0. The summed E-state index contributed by atoms with van der Waals surface area (Å²) in [5, 5.41) is 4.76. The van der Waals surface area contributed by atoms with Crippen LogP contribution < -0.4 is 4.90 Å². The largest absolute Gasteiger partial charge is 0.456 e. The van der Waals surface area contributed by atoms with Crippen LogP contribution in [0.1, 0.15) is 11.1 Å². The number of aryl methyl sites for hydroxylation is 2. The first kappa shape index (κ1) is 37.1. The second-order valence-corrected chi connectivity index (χ2v) is 16.3. The van der Waals surface area contributed by atoms with Gasteiger partial charge in [0.1, 0.15) is 11.2 Å². The summed E-state index contributed by atoms with van der Waals surface area (Å²) in [5.41, 5.74) is 19.3. The number of anilines is 3. The number of nitrogens with zero attached hydrogens (tertiary/aromatic N) is 1. The van der Waals surface area contributed by atoms with Gasteiger partial charge in [0.15, 0.2) is 0 Å². The Kier molecular flexibility index (Phi) is 9.32. The summed E-state index contributed by atoms with van der Waals surface area (Å²) < 4.78 is 6.59. The van der Waals surface area contributed by atoms with Crippen LogP contribution in [0.15, 0.2) is 229 Å². The van der Waals surface area contributed by atoms with E-state index in [4.69, 9.17) is 4.42 Å². The maximum absolute atomic E-state index is 6.59. The van der Waals surface area contributed by atoms with Gasteiger partial charge >= 0.3 is 0 Å². The van der Waals surface area contributed by atoms with Gasteiger partial charge in [0.25, 0.3) is 0 Å². The molecule has 0 amide bonds. The van der Waals surface area contributed by atoms with Crippen molar-refractivity contribution in [2.24, 2.45) is 0 Å². The third-order valence-electron chi connectivity index (χ3n) is 12.2. The minimum absolute atomic E-state index is 0.874. The molecule has 11 rings (SSSR count). The van der Waals surface area contributed by atoms with Crippen molar-refractivity contribution in [3.63, 3.8) is 0 Å². The highest BCUT2D eigenvalue weighted by molar-refractivity contribution is 6.08. The van der Waals surface area contributed by atoms with Crippen molar-refractivity contribution < 1.29 is 4.42 Å². The Morgan fingerprint density at radius 2 is 0.758 bits per heavy atom. The zero-order valence-electron chi connectivity index (χ0n) is 34.7. The summed E-state index contributed by atoms with van der Waals surface area (Å²) >= 11 is 0. The van der Waals surface area contributed by atoms with Crippen molar-refractivity contribution in [3.05, 3.63) is 236 Å². The Morgan fingerprint density at radius 1 is 0.323 bits per heavy atom. The Labute approximate surface area is 362 Å². The maximum Gasteiger partial charge on any atom is 0.137 e. The maximum atomic E-state index is 6.59. The van der Waals surface area contributed by atoms with E-state index >= 15 is 0 Å². The third-order valence-corrected chi connectivity index (χ3v) is 12.2. The monoisotopic (exact) mass is 793 g/mol. The lowest BCUT2D eigenvalue weighted by Crippen LogP contribution is -2.09. The normalized spacial score (nSPS) is 11.4. The Balaban J connectivity index is 1.03. The van der Waals surface area contributed by atoms with E-state index < -0.39 is 0 Å². The molecule has 0 aliphatic carbocycles. The van der Waals surface area contributed by atoms with E-state index in [2.05, 4.69) is 243 Å². The molecule has 0 saturated heterocycles. The number of benzene rings is 10. The zero-order valence-corrected chi connectivity index (χ0v) is 34.7. The van der Waals surface area contributed by atoms with E-state index in [1.165, 1.54) is 77.4 Å². The topological polar surface area (TPSA) is 16.4 Å². The predicted octanol–water partition coefficient (Wildman–Crippen LogP) is 17.2. The molecule has 0 bridgehead atoms. The molecular weight excluding hydrogens is 751 g/mol. The van der Waals surface area contributed by atoms with E-state index in [0.29, 0.717) is 0 Å². The summed E-state index contributed by atoms with van der Waals surface area (Å²) in [5.74, 6) is 0. The fourth-order valence-electron chi connectivity index (χ4n) is 9.18. The van der Waals surface area contributed by atoms with Crippen LogP contribution in [0.2, 0.25) is 0 Å². The Morgan fingerprint density at radius 3 is 1.29 bits per heavy atom. The molecule has 0 aliphatic rings. The number of rotatable bonds is 8. The molecule has 1 aromatic heterocycles. The van der Waals surface area contributed by atoms with Gasteiger partial charge in [-0.3, -0.25) is 0 Å². The highest BCUT2D eigenvalue weighted by atomic mass is 16.3. The average Bonchev–Trinajstić information content (AvgIpc) is 3.70. The molecule has 0 radical (unpaired) electrons. The smallest absolute Gasteiger partial charge is 0.137 e. The highest BCUT2D eigenvalue weighted by Gasteiger charge is 2.18. The number of fused-ring (bicyclic) bond motifs is 4. The number of hydrogen-bond acceptors (Lipinski definition) is 2. The van der Waals surface area contributed by atoms with Crippen LogP contribution in [-0.4, -0.2) is 0 Å². The predicted molar refractivity (Wildman–Crippen MR) is 263 cm³/mol. The van der Waals surface area contributed by atoms with E-state index in [9.17, 15) is 0 Å². The lowest BCUT2D eigenvalue weighted by atomic mass is 9.91. The minimum Gasteiger partial charge on any atom is -0.456 e. The van der Waals surface area contributed by atoms with Crippen LogP contribution in [0.3, 0.4) is 0 Å². The second kappa shape index (κ2) is 15.6. The Bertz CT molecular complexity index is 3330. The molecule has 62 heavy (non-hydrogen) atoms. The summed E-state index contributed by atoms with van der Waals surface area (Å²) in [6.07, 6.45) is 0. The molecule has 10 aromatic carbocycles. The van der Waals surface area contributed by atoms with Gasteiger partial charge in [0, 0.05) is 33.9 Å². The van der Waals surface area contributed by atoms with Crippen molar-refractivity contribution in [1.29, 1.82) is 0 Å². The summed E-state index contributed by atoms with van der Waals surface area (Å²) in [6.45, 7) is 4.30. The highest BCUT2D eigenvalue weighted by Crippen LogP contribution is 2.43. The lowest BCUT2D eigenvalue weighted by molar-refractivity contribution is 0.668. The van der Waals surface area contributed by atoms with Gasteiger partial charge in [0.05, 0.1) is 0 Å². The standard InChI is InChI=1S/C60H43NO/c1-40-32-41(2)60-55-31-30-54(39-58(55)62-59(60)33-40)61(53-28-24-46(25-29-53)57-38-48-21-13-12-20-47(48)37-56(57)45-18-10-5-11-19-45)52-26-22-44(23-27-52)51-35-49(42-14-6-3-7-15-42)34-50(36-51)43-16-8-4-9-17-43/h3-39H,1-2H3. The van der Waals surface area contributed by atoms with Gasteiger partial charge in [-0.05, 0) is 164 Å². The first-order valence-corrected chi connectivity index (χ1v) is 21.3. The molecule has 1 heterocycles. The quantitative estimate of drug-likeness (QED) is 0.152. The van der Waals surface area contributed by atoms with Crippen LogP contribution in [0.25, 0.3) is 88.3 Å². The first-order chi connectivity index (χ1) is 30.5. The molecule has 0 spiro atoms. The Hall–Kier alpha value is -7.94. The average molecular weight is 794 g/mol. The molecule has 294 valence electrons. The lowest BCUT2D eigenvalue weighted by Gasteiger charge is -2.26. The van der Waals surface area contributed by atoms with Gasteiger partial charge in [-0.1, -0.05) is 146 Å². The van der Waals surface area contributed by atoms with Crippen molar-refractivity contribution in [2.75, 3.05) is 4.90 Å². The van der Waals surface area contributed by atoms with Gasteiger partial charge in [-0.2, -0.15) is 0 Å². The summed E-state index contributed by atoms with van der Waals surface area (Å²) in [4.78, 5) is 2.34. The minimum atomic E-state index is 0.874. The molecule has 0 fully saturated rings. The van der Waals surface area contributed by atoms with Crippen LogP contribution >= 0.6 is 0 Å². The zero-order chi connectivity index (χ0) is 41.6. The second-order valence-electron chi connectivity index (χ2n) is 16.3. The van der Waals surface area contributed by atoms with E-state index in [0.717, 1.165) is 39.2 Å². The fraction of sp³-hybridized carbons (Fsp3) is 0.0333. The van der Waals surface area contributed by atoms with Crippen LogP contribution in [0.4, 0.5) is 17.1 Å². The van der Waals surface area contributed by atoms with Crippen molar-refractivity contribution >= 4 is 49.8 Å². The van der Waals surface area contributed by atoms with E-state index in [-0.39, 0.29) is 0 Å². The molecule has 0 saturated carbocycles. The molecule has 0 aliphatic heterocycles. The summed E-state index contributed by atoms with van der Waals surface area (Å²) in [6, 6.07) is 81.2. The molecule has 11 aromatic rings. The van der Waals surface area contributed by atoms with Crippen LogP contribution in [0.5, 0.6) is 0 Å².